The Bertz CT molecular complexity index is 703. The van der Waals surface area contributed by atoms with Gasteiger partial charge in [0.05, 0.1) is 0 Å². The lowest BCUT2D eigenvalue weighted by Gasteiger charge is -2.37. The van der Waals surface area contributed by atoms with Gasteiger partial charge in [-0.2, -0.15) is 0 Å². The molecule has 1 aliphatic carbocycles. The van der Waals surface area contributed by atoms with E-state index < -0.39 is 0 Å². The maximum atomic E-state index is 12.2. The molecule has 2 aliphatic rings. The van der Waals surface area contributed by atoms with Crippen LogP contribution in [-0.4, -0.2) is 34.9 Å². The number of aromatic nitrogens is 1. The number of piperidine rings is 1. The number of H-pyrrole nitrogens is 1. The summed E-state index contributed by atoms with van der Waals surface area (Å²) in [6.45, 7) is 4.97. The molecule has 1 aromatic heterocycles. The number of hydrogen-bond acceptors (Lipinski definition) is 2. The molecule has 0 bridgehead atoms. The van der Waals surface area contributed by atoms with E-state index in [4.69, 9.17) is 0 Å². The second kappa shape index (κ2) is 6.00. The van der Waals surface area contributed by atoms with Crippen molar-refractivity contribution in [2.45, 2.75) is 38.8 Å². The van der Waals surface area contributed by atoms with Crippen LogP contribution in [0.3, 0.4) is 0 Å². The van der Waals surface area contributed by atoms with Gasteiger partial charge in [0.25, 0.3) is 0 Å². The van der Waals surface area contributed by atoms with Crippen LogP contribution < -0.4 is 5.32 Å². The Morgan fingerprint density at radius 2 is 2.17 bits per heavy atom. The fourth-order valence-electron chi connectivity index (χ4n) is 3.78. The van der Waals surface area contributed by atoms with Crippen LogP contribution in [0.2, 0.25) is 0 Å². The van der Waals surface area contributed by atoms with Crippen molar-refractivity contribution in [3.8, 4) is 0 Å². The highest BCUT2D eigenvalue weighted by molar-refractivity contribution is 5.83. The van der Waals surface area contributed by atoms with E-state index in [9.17, 15) is 4.79 Å². The van der Waals surface area contributed by atoms with Crippen LogP contribution >= 0.6 is 0 Å². The Morgan fingerprint density at radius 3 is 2.96 bits per heavy atom. The number of benzene rings is 1. The first kappa shape index (κ1) is 14.8. The van der Waals surface area contributed by atoms with Gasteiger partial charge in [-0.1, -0.05) is 19.1 Å². The summed E-state index contributed by atoms with van der Waals surface area (Å²) in [5.41, 5.74) is 2.54. The highest BCUT2D eigenvalue weighted by Gasteiger charge is 2.36. The molecule has 4 heteroatoms. The second-order valence-electron chi connectivity index (χ2n) is 7.17. The second-order valence-corrected chi connectivity index (χ2v) is 7.17. The topological polar surface area (TPSA) is 48.1 Å². The standard InChI is InChI=1S/C19H25N3O/c1-13-12-22(19(23)14-5-6-14)10-8-17(13)21-11-15-3-2-4-18-16(15)7-9-20-18/h2-4,7,9,13-14,17,20-21H,5-6,8,10-12H2,1H3/t13-,17+/m1/s1. The van der Waals surface area contributed by atoms with Gasteiger partial charge >= 0.3 is 0 Å². The van der Waals surface area contributed by atoms with Crippen molar-refractivity contribution >= 4 is 16.8 Å². The summed E-state index contributed by atoms with van der Waals surface area (Å²) in [4.78, 5) is 17.6. The predicted molar refractivity (Wildman–Crippen MR) is 92.0 cm³/mol. The molecular weight excluding hydrogens is 286 g/mol. The quantitative estimate of drug-likeness (QED) is 0.912. The molecule has 0 spiro atoms. The smallest absolute Gasteiger partial charge is 0.225 e. The predicted octanol–water partition coefficient (Wildman–Crippen LogP) is 2.90. The van der Waals surface area contributed by atoms with Crippen LogP contribution in [0.25, 0.3) is 10.9 Å². The van der Waals surface area contributed by atoms with E-state index in [0.717, 1.165) is 38.9 Å². The fourth-order valence-corrected chi connectivity index (χ4v) is 3.78. The summed E-state index contributed by atoms with van der Waals surface area (Å²) in [6.07, 6.45) is 5.26. The third-order valence-corrected chi connectivity index (χ3v) is 5.38. The summed E-state index contributed by atoms with van der Waals surface area (Å²) in [5, 5.41) is 5.02. The Balaban J connectivity index is 1.36. The highest BCUT2D eigenvalue weighted by Crippen LogP contribution is 2.32. The van der Waals surface area contributed by atoms with Crippen molar-refractivity contribution in [2.24, 2.45) is 11.8 Å². The monoisotopic (exact) mass is 311 g/mol. The summed E-state index contributed by atoms with van der Waals surface area (Å²) >= 11 is 0. The summed E-state index contributed by atoms with van der Waals surface area (Å²) in [6, 6.07) is 9.05. The molecule has 0 unspecified atom stereocenters. The lowest BCUT2D eigenvalue weighted by atomic mass is 9.93. The average Bonchev–Trinajstić information content (AvgIpc) is 3.30. The van der Waals surface area contributed by atoms with Crippen LogP contribution in [0.5, 0.6) is 0 Å². The van der Waals surface area contributed by atoms with E-state index in [0.29, 0.717) is 23.8 Å². The normalized spacial score (nSPS) is 25.0. The Labute approximate surface area is 137 Å². The van der Waals surface area contributed by atoms with E-state index in [1.54, 1.807) is 0 Å². The van der Waals surface area contributed by atoms with Crippen LogP contribution in [-0.2, 0) is 11.3 Å². The largest absolute Gasteiger partial charge is 0.361 e. The van der Waals surface area contributed by atoms with Crippen molar-refractivity contribution in [3.05, 3.63) is 36.0 Å². The fraction of sp³-hybridized carbons (Fsp3) is 0.526. The number of nitrogens with one attached hydrogen (secondary N) is 2. The number of hydrogen-bond donors (Lipinski definition) is 2. The lowest BCUT2D eigenvalue weighted by molar-refractivity contribution is -0.134. The minimum Gasteiger partial charge on any atom is -0.361 e. The van der Waals surface area contributed by atoms with Crippen molar-refractivity contribution in [2.75, 3.05) is 13.1 Å². The molecule has 23 heavy (non-hydrogen) atoms. The van der Waals surface area contributed by atoms with Gasteiger partial charge in [0.1, 0.15) is 0 Å². The number of nitrogens with zero attached hydrogens (tertiary/aromatic N) is 1. The molecule has 1 aromatic carbocycles. The Hall–Kier alpha value is -1.81. The molecule has 1 saturated heterocycles. The lowest BCUT2D eigenvalue weighted by Crippen LogP contribution is -2.50. The van der Waals surface area contributed by atoms with Gasteiger partial charge in [-0.05, 0) is 42.9 Å². The van der Waals surface area contributed by atoms with E-state index in [2.05, 4.69) is 46.4 Å². The molecular formula is C19H25N3O. The summed E-state index contributed by atoms with van der Waals surface area (Å²) in [5.74, 6) is 1.25. The molecule has 1 aliphatic heterocycles. The first-order valence-electron chi connectivity index (χ1n) is 8.79. The molecule has 4 nitrogen and oxygen atoms in total. The van der Waals surface area contributed by atoms with Crippen LogP contribution in [0.4, 0.5) is 0 Å². The molecule has 2 N–H and O–H groups in total. The van der Waals surface area contributed by atoms with Crippen molar-refractivity contribution < 1.29 is 4.79 Å². The maximum absolute atomic E-state index is 12.2. The zero-order valence-corrected chi connectivity index (χ0v) is 13.7. The van der Waals surface area contributed by atoms with Crippen molar-refractivity contribution in [1.29, 1.82) is 0 Å². The van der Waals surface area contributed by atoms with Crippen molar-refractivity contribution in [1.82, 2.24) is 15.2 Å². The van der Waals surface area contributed by atoms with Crippen molar-refractivity contribution in [3.63, 3.8) is 0 Å². The molecule has 4 rings (SSSR count). The number of fused-ring (bicyclic) bond motifs is 1. The zero-order chi connectivity index (χ0) is 15.8. The number of likely N-dealkylation sites (tertiary alicyclic amines) is 1. The molecule has 0 radical (unpaired) electrons. The Kier molecular flexibility index (Phi) is 3.85. The number of amides is 1. The summed E-state index contributed by atoms with van der Waals surface area (Å²) < 4.78 is 0. The SMILES string of the molecule is C[C@@H]1CN(C(=O)C2CC2)CC[C@@H]1NCc1cccc2[nH]ccc12. The van der Waals surface area contributed by atoms with Crippen LogP contribution in [0, 0.1) is 11.8 Å². The van der Waals surface area contributed by atoms with E-state index >= 15 is 0 Å². The zero-order valence-electron chi connectivity index (χ0n) is 13.7. The van der Waals surface area contributed by atoms with Gasteiger partial charge in [-0.25, -0.2) is 0 Å². The highest BCUT2D eigenvalue weighted by atomic mass is 16.2. The minimum atomic E-state index is 0.345. The molecule has 1 saturated carbocycles. The maximum Gasteiger partial charge on any atom is 0.225 e. The van der Waals surface area contributed by atoms with E-state index in [1.165, 1.54) is 16.5 Å². The number of carbonyl (C=O) groups excluding carboxylic acids is 1. The number of carbonyl (C=O) groups is 1. The minimum absolute atomic E-state index is 0.345. The number of rotatable bonds is 4. The van der Waals surface area contributed by atoms with Gasteiger partial charge in [-0.3, -0.25) is 4.79 Å². The summed E-state index contributed by atoms with van der Waals surface area (Å²) in [7, 11) is 0. The van der Waals surface area contributed by atoms with E-state index in [1.807, 2.05) is 6.20 Å². The first-order valence-corrected chi connectivity index (χ1v) is 8.79. The van der Waals surface area contributed by atoms with E-state index in [-0.39, 0.29) is 0 Å². The molecule has 2 aromatic rings. The number of aromatic amines is 1. The third kappa shape index (κ3) is 3.00. The molecule has 1 amide bonds. The van der Waals surface area contributed by atoms with Gasteiger partial charge in [0, 0.05) is 48.7 Å². The molecule has 2 fully saturated rings. The van der Waals surface area contributed by atoms with Gasteiger partial charge in [-0.15, -0.1) is 0 Å². The molecule has 2 heterocycles. The third-order valence-electron chi connectivity index (χ3n) is 5.38. The molecule has 122 valence electrons. The van der Waals surface area contributed by atoms with Gasteiger partial charge < -0.3 is 15.2 Å². The van der Waals surface area contributed by atoms with Crippen LogP contribution in [0.15, 0.2) is 30.5 Å². The first-order chi connectivity index (χ1) is 11.2. The molecule has 2 atom stereocenters. The average molecular weight is 311 g/mol. The van der Waals surface area contributed by atoms with Gasteiger partial charge in [0.15, 0.2) is 0 Å². The Morgan fingerprint density at radius 1 is 1.30 bits per heavy atom. The van der Waals surface area contributed by atoms with Gasteiger partial charge in [0.2, 0.25) is 5.91 Å². The van der Waals surface area contributed by atoms with Crippen LogP contribution in [0.1, 0.15) is 31.7 Å².